The van der Waals surface area contributed by atoms with Gasteiger partial charge in [0.05, 0.1) is 18.2 Å². The van der Waals surface area contributed by atoms with Crippen molar-refractivity contribution in [2.24, 2.45) is 0 Å². The molecular weight excluding hydrogens is 228 g/mol. The third kappa shape index (κ3) is 3.86. The molecule has 2 aromatic heterocycles. The summed E-state index contributed by atoms with van der Waals surface area (Å²) in [5, 5.41) is 2.79. The Morgan fingerprint density at radius 2 is 2.39 bits per heavy atom. The Morgan fingerprint density at radius 1 is 1.44 bits per heavy atom. The second-order valence-corrected chi connectivity index (χ2v) is 3.70. The van der Waals surface area contributed by atoms with E-state index in [0.29, 0.717) is 6.54 Å². The predicted octanol–water partition coefficient (Wildman–Crippen LogP) is 1.18. The van der Waals surface area contributed by atoms with Gasteiger partial charge in [0.1, 0.15) is 0 Å². The number of aromatic nitrogens is 3. The molecule has 5 nitrogen and oxygen atoms in total. The first-order valence-corrected chi connectivity index (χ1v) is 5.69. The fraction of sp³-hybridized carbons (Fsp3) is 0.154. The number of hydrogen-bond donors (Lipinski definition) is 2. The van der Waals surface area contributed by atoms with Crippen LogP contribution < -0.4 is 5.32 Å². The minimum Gasteiger partial charge on any atom is -0.352 e. The molecule has 0 saturated carbocycles. The van der Waals surface area contributed by atoms with Gasteiger partial charge in [-0.1, -0.05) is 6.07 Å². The Kier molecular flexibility index (Phi) is 4.24. The number of carbonyl (C=O) groups is 1. The van der Waals surface area contributed by atoms with Gasteiger partial charge in [-0.05, 0) is 18.2 Å². The lowest BCUT2D eigenvalue weighted by molar-refractivity contribution is -0.116. The number of carbonyl (C=O) groups excluding carboxylic acids is 1. The Labute approximate surface area is 105 Å². The van der Waals surface area contributed by atoms with Crippen LogP contribution in [0.5, 0.6) is 0 Å². The fourth-order valence-electron chi connectivity index (χ4n) is 1.44. The van der Waals surface area contributed by atoms with E-state index in [2.05, 4.69) is 20.3 Å². The van der Waals surface area contributed by atoms with Crippen molar-refractivity contribution in [3.63, 3.8) is 0 Å². The van der Waals surface area contributed by atoms with E-state index in [1.807, 2.05) is 18.2 Å². The fourth-order valence-corrected chi connectivity index (χ4v) is 1.44. The highest BCUT2D eigenvalue weighted by atomic mass is 16.1. The number of nitrogens with zero attached hydrogens (tertiary/aromatic N) is 2. The summed E-state index contributed by atoms with van der Waals surface area (Å²) in [5.74, 6) is -0.125. The number of H-pyrrole nitrogens is 1. The SMILES string of the molecule is O=C(/C=C/c1cnc[nH]1)NCCc1ccccn1. The van der Waals surface area contributed by atoms with Gasteiger partial charge in [0.2, 0.25) is 5.91 Å². The molecule has 0 aliphatic heterocycles. The van der Waals surface area contributed by atoms with Crippen molar-refractivity contribution in [1.82, 2.24) is 20.3 Å². The van der Waals surface area contributed by atoms with Crippen LogP contribution in [0.4, 0.5) is 0 Å². The predicted molar refractivity (Wildman–Crippen MR) is 68.6 cm³/mol. The van der Waals surface area contributed by atoms with Crippen LogP contribution in [0.2, 0.25) is 0 Å². The van der Waals surface area contributed by atoms with E-state index in [1.54, 1.807) is 24.8 Å². The minimum atomic E-state index is -0.125. The lowest BCUT2D eigenvalue weighted by Gasteiger charge is -2.01. The van der Waals surface area contributed by atoms with Crippen molar-refractivity contribution < 1.29 is 4.79 Å². The molecule has 0 spiro atoms. The molecule has 2 heterocycles. The van der Waals surface area contributed by atoms with Gasteiger partial charge < -0.3 is 10.3 Å². The molecule has 0 aliphatic rings. The van der Waals surface area contributed by atoms with Gasteiger partial charge in [-0.15, -0.1) is 0 Å². The maximum absolute atomic E-state index is 11.5. The lowest BCUT2D eigenvalue weighted by atomic mass is 10.3. The van der Waals surface area contributed by atoms with Crippen LogP contribution >= 0.6 is 0 Å². The normalized spacial score (nSPS) is 10.7. The van der Waals surface area contributed by atoms with E-state index < -0.39 is 0 Å². The van der Waals surface area contributed by atoms with Gasteiger partial charge >= 0.3 is 0 Å². The van der Waals surface area contributed by atoms with E-state index in [1.165, 1.54) is 6.08 Å². The summed E-state index contributed by atoms with van der Waals surface area (Å²) in [6, 6.07) is 5.74. The summed E-state index contributed by atoms with van der Waals surface area (Å²) in [5.41, 5.74) is 1.77. The minimum absolute atomic E-state index is 0.125. The standard InChI is InChI=1S/C13H14N4O/c18-13(5-4-12-9-14-10-17-12)16-8-6-11-3-1-2-7-15-11/h1-5,7,9-10H,6,8H2,(H,14,17)(H,16,18)/b5-4+. The molecule has 0 fully saturated rings. The molecule has 0 aliphatic carbocycles. The average molecular weight is 242 g/mol. The van der Waals surface area contributed by atoms with E-state index in [4.69, 9.17) is 0 Å². The molecule has 0 saturated heterocycles. The van der Waals surface area contributed by atoms with E-state index in [0.717, 1.165) is 17.8 Å². The summed E-state index contributed by atoms with van der Waals surface area (Å²) in [6.45, 7) is 0.573. The average Bonchev–Trinajstić information content (AvgIpc) is 2.91. The van der Waals surface area contributed by atoms with Crippen molar-refractivity contribution in [1.29, 1.82) is 0 Å². The second kappa shape index (κ2) is 6.34. The molecule has 0 aromatic carbocycles. The second-order valence-electron chi connectivity index (χ2n) is 3.70. The quantitative estimate of drug-likeness (QED) is 0.773. The summed E-state index contributed by atoms with van der Waals surface area (Å²) < 4.78 is 0. The summed E-state index contributed by atoms with van der Waals surface area (Å²) in [4.78, 5) is 22.4. The van der Waals surface area contributed by atoms with Crippen LogP contribution in [0.15, 0.2) is 43.0 Å². The number of pyridine rings is 1. The monoisotopic (exact) mass is 242 g/mol. The third-order valence-corrected chi connectivity index (χ3v) is 2.34. The van der Waals surface area contributed by atoms with E-state index in [9.17, 15) is 4.79 Å². The Morgan fingerprint density at radius 3 is 3.11 bits per heavy atom. The lowest BCUT2D eigenvalue weighted by Crippen LogP contribution is -2.23. The first-order chi connectivity index (χ1) is 8.84. The van der Waals surface area contributed by atoms with Gasteiger partial charge in [0.25, 0.3) is 0 Å². The maximum atomic E-state index is 11.5. The highest BCUT2D eigenvalue weighted by Gasteiger charge is 1.97. The molecule has 0 unspecified atom stereocenters. The molecule has 1 amide bonds. The molecule has 2 aromatic rings. The Hall–Kier alpha value is -2.43. The molecule has 2 rings (SSSR count). The van der Waals surface area contributed by atoms with Crippen LogP contribution in [0, 0.1) is 0 Å². The van der Waals surface area contributed by atoms with Gasteiger partial charge in [-0.3, -0.25) is 9.78 Å². The van der Waals surface area contributed by atoms with Crippen molar-refractivity contribution in [3.8, 4) is 0 Å². The number of amides is 1. The highest BCUT2D eigenvalue weighted by Crippen LogP contribution is 1.95. The first kappa shape index (κ1) is 12.0. The van der Waals surface area contributed by atoms with E-state index >= 15 is 0 Å². The molecule has 92 valence electrons. The Balaban J connectivity index is 1.72. The van der Waals surface area contributed by atoms with Crippen LogP contribution in [0.1, 0.15) is 11.4 Å². The molecule has 0 bridgehead atoms. The summed E-state index contributed by atoms with van der Waals surface area (Å²) >= 11 is 0. The van der Waals surface area contributed by atoms with Crippen LogP contribution in [-0.2, 0) is 11.2 Å². The number of rotatable bonds is 5. The molecule has 2 N–H and O–H groups in total. The maximum Gasteiger partial charge on any atom is 0.244 e. The van der Waals surface area contributed by atoms with Crippen LogP contribution in [-0.4, -0.2) is 27.4 Å². The number of nitrogens with one attached hydrogen (secondary N) is 2. The molecule has 0 atom stereocenters. The van der Waals surface area contributed by atoms with Crippen molar-refractivity contribution >= 4 is 12.0 Å². The number of hydrogen-bond acceptors (Lipinski definition) is 3. The molecular formula is C13H14N4O. The topological polar surface area (TPSA) is 70.7 Å². The largest absolute Gasteiger partial charge is 0.352 e. The van der Waals surface area contributed by atoms with Gasteiger partial charge in [0.15, 0.2) is 0 Å². The van der Waals surface area contributed by atoms with Crippen molar-refractivity contribution in [2.75, 3.05) is 6.54 Å². The van der Waals surface area contributed by atoms with Gasteiger partial charge in [-0.2, -0.15) is 0 Å². The summed E-state index contributed by atoms with van der Waals surface area (Å²) in [7, 11) is 0. The highest BCUT2D eigenvalue weighted by molar-refractivity contribution is 5.91. The van der Waals surface area contributed by atoms with Crippen LogP contribution in [0.3, 0.4) is 0 Å². The number of aromatic amines is 1. The van der Waals surface area contributed by atoms with Gasteiger partial charge in [0, 0.05) is 30.9 Å². The molecule has 5 heteroatoms. The zero-order chi connectivity index (χ0) is 12.6. The van der Waals surface area contributed by atoms with Crippen molar-refractivity contribution in [3.05, 3.63) is 54.4 Å². The van der Waals surface area contributed by atoms with Crippen LogP contribution in [0.25, 0.3) is 6.08 Å². The van der Waals surface area contributed by atoms with Gasteiger partial charge in [-0.25, -0.2) is 4.98 Å². The van der Waals surface area contributed by atoms with Crippen molar-refractivity contribution in [2.45, 2.75) is 6.42 Å². The molecule has 0 radical (unpaired) electrons. The first-order valence-electron chi connectivity index (χ1n) is 5.69. The summed E-state index contributed by atoms with van der Waals surface area (Å²) in [6.07, 6.45) is 8.85. The third-order valence-electron chi connectivity index (χ3n) is 2.34. The molecule has 18 heavy (non-hydrogen) atoms. The Bertz CT molecular complexity index is 505. The zero-order valence-corrected chi connectivity index (χ0v) is 9.84. The number of imidazole rings is 1. The zero-order valence-electron chi connectivity index (χ0n) is 9.84. The smallest absolute Gasteiger partial charge is 0.244 e. The van der Waals surface area contributed by atoms with E-state index in [-0.39, 0.29) is 5.91 Å².